The molecule has 0 bridgehead atoms. The zero-order valence-corrected chi connectivity index (χ0v) is 61.6. The molecule has 0 aromatic heterocycles. The van der Waals surface area contributed by atoms with E-state index in [1.54, 1.807) is 6.08 Å². The predicted octanol–water partition coefficient (Wildman–Crippen LogP) is 27.5. The Hall–Kier alpha value is -2.18. The van der Waals surface area contributed by atoms with E-state index in [0.717, 1.165) is 51.4 Å². The van der Waals surface area contributed by atoms with Gasteiger partial charge < -0.3 is 20.3 Å². The first-order valence-electron chi connectivity index (χ1n) is 41.4. The average molecular weight is 1280 g/mol. The van der Waals surface area contributed by atoms with Crippen molar-refractivity contribution < 1.29 is 24.5 Å². The van der Waals surface area contributed by atoms with Crippen molar-refractivity contribution >= 4 is 11.9 Å². The van der Waals surface area contributed by atoms with E-state index in [1.165, 1.54) is 379 Å². The van der Waals surface area contributed by atoms with Gasteiger partial charge in [-0.25, -0.2) is 0 Å². The number of hydrogen-bond acceptors (Lipinski definition) is 5. The minimum Gasteiger partial charge on any atom is -0.466 e. The van der Waals surface area contributed by atoms with Crippen LogP contribution in [0.15, 0.2) is 48.6 Å². The highest BCUT2D eigenvalue weighted by molar-refractivity contribution is 5.76. The summed E-state index contributed by atoms with van der Waals surface area (Å²) in [7, 11) is 0. The molecule has 0 radical (unpaired) electrons. The van der Waals surface area contributed by atoms with Gasteiger partial charge in [0.1, 0.15) is 0 Å². The lowest BCUT2D eigenvalue weighted by Gasteiger charge is -2.20. The number of amides is 1. The maximum atomic E-state index is 12.6. The fraction of sp³-hybridized carbons (Fsp3) is 0.882. The van der Waals surface area contributed by atoms with Crippen molar-refractivity contribution in [3.05, 3.63) is 48.6 Å². The molecule has 536 valence electrons. The van der Waals surface area contributed by atoms with E-state index in [0.29, 0.717) is 19.4 Å². The molecule has 0 aromatic carbocycles. The summed E-state index contributed by atoms with van der Waals surface area (Å²) in [4.78, 5) is 24.7. The van der Waals surface area contributed by atoms with Gasteiger partial charge in [-0.3, -0.25) is 9.59 Å². The Bertz CT molecular complexity index is 1520. The molecule has 1 amide bonds. The van der Waals surface area contributed by atoms with Crippen molar-refractivity contribution in [2.24, 2.45) is 0 Å². The second-order valence-electron chi connectivity index (χ2n) is 28.4. The standard InChI is InChI=1S/C85H161NO5/c1-3-5-7-9-11-13-15-17-19-21-22-23-24-36-39-42-46-49-53-57-61-65-69-73-77-83(88)82(81-87)86-84(89)78-74-70-66-62-58-54-50-47-43-40-37-34-32-30-28-26-25-27-29-31-33-35-38-41-44-48-52-56-60-64-68-72-76-80-91-85(90)79-75-71-67-63-59-55-51-45-20-18-16-14-12-10-8-6-4-2/h12,14,18,20,29,31,73,77,82-83,87-88H,3-11,13,15-17,19,21-28,30,32-72,74-76,78-81H2,1-2H3,(H,86,89)/b14-12-,20-18-,31-29-,77-73+. The van der Waals surface area contributed by atoms with Crippen molar-refractivity contribution in [1.82, 2.24) is 5.32 Å². The second-order valence-corrected chi connectivity index (χ2v) is 28.4. The van der Waals surface area contributed by atoms with Crippen LogP contribution in [-0.4, -0.2) is 47.4 Å². The Kier molecular flexibility index (Phi) is 78.3. The van der Waals surface area contributed by atoms with E-state index in [1.807, 2.05) is 6.08 Å². The van der Waals surface area contributed by atoms with Crippen LogP contribution in [0.25, 0.3) is 0 Å². The van der Waals surface area contributed by atoms with E-state index >= 15 is 0 Å². The summed E-state index contributed by atoms with van der Waals surface area (Å²) < 4.78 is 5.51. The zero-order valence-electron chi connectivity index (χ0n) is 61.6. The molecule has 3 N–H and O–H groups in total. The van der Waals surface area contributed by atoms with Gasteiger partial charge in [-0.05, 0) is 89.9 Å². The Labute approximate surface area is 569 Å². The second kappa shape index (κ2) is 80.3. The highest BCUT2D eigenvalue weighted by atomic mass is 16.5. The molecule has 6 nitrogen and oxygen atoms in total. The molecule has 6 heteroatoms. The quantitative estimate of drug-likeness (QED) is 0.0320. The lowest BCUT2D eigenvalue weighted by molar-refractivity contribution is -0.143. The number of rotatable bonds is 78. The van der Waals surface area contributed by atoms with Crippen molar-refractivity contribution in [3.63, 3.8) is 0 Å². The van der Waals surface area contributed by atoms with Gasteiger partial charge in [-0.1, -0.05) is 403 Å². The number of aliphatic hydroxyl groups excluding tert-OH is 2. The fourth-order valence-electron chi connectivity index (χ4n) is 13.0. The third kappa shape index (κ3) is 76.7. The first-order valence-corrected chi connectivity index (χ1v) is 41.4. The molecular formula is C85H161NO5. The number of esters is 1. The molecule has 2 unspecified atom stereocenters. The Morgan fingerprint density at radius 3 is 0.868 bits per heavy atom. The topological polar surface area (TPSA) is 95.9 Å². The molecule has 0 aromatic rings. The molecule has 0 heterocycles. The normalized spacial score (nSPS) is 12.7. The molecule has 0 aliphatic carbocycles. The van der Waals surface area contributed by atoms with Gasteiger partial charge in [0.25, 0.3) is 0 Å². The van der Waals surface area contributed by atoms with Crippen molar-refractivity contribution in [2.75, 3.05) is 13.2 Å². The maximum Gasteiger partial charge on any atom is 0.305 e. The van der Waals surface area contributed by atoms with Gasteiger partial charge in [0.15, 0.2) is 0 Å². The van der Waals surface area contributed by atoms with Gasteiger partial charge in [0.05, 0.1) is 25.4 Å². The number of nitrogens with one attached hydrogen (secondary N) is 1. The first-order chi connectivity index (χ1) is 45.0. The number of carbonyl (C=O) groups excluding carboxylic acids is 2. The van der Waals surface area contributed by atoms with Crippen LogP contribution in [0.3, 0.4) is 0 Å². The van der Waals surface area contributed by atoms with Crippen LogP contribution < -0.4 is 5.32 Å². The van der Waals surface area contributed by atoms with Gasteiger partial charge in [-0.2, -0.15) is 0 Å². The van der Waals surface area contributed by atoms with Crippen LogP contribution >= 0.6 is 0 Å². The molecule has 2 atom stereocenters. The summed E-state index contributed by atoms with van der Waals surface area (Å²) >= 11 is 0. The monoisotopic (exact) mass is 1280 g/mol. The summed E-state index contributed by atoms with van der Waals surface area (Å²) in [5.74, 6) is -0.0488. The summed E-state index contributed by atoms with van der Waals surface area (Å²) in [6, 6.07) is -0.628. The van der Waals surface area contributed by atoms with Gasteiger partial charge in [0.2, 0.25) is 5.91 Å². The van der Waals surface area contributed by atoms with Crippen molar-refractivity contribution in [1.29, 1.82) is 0 Å². The third-order valence-corrected chi connectivity index (χ3v) is 19.3. The molecule has 0 rings (SSSR count). The molecule has 91 heavy (non-hydrogen) atoms. The lowest BCUT2D eigenvalue weighted by Crippen LogP contribution is -2.45. The number of hydrogen-bond donors (Lipinski definition) is 3. The number of ether oxygens (including phenoxy) is 1. The van der Waals surface area contributed by atoms with E-state index in [2.05, 4.69) is 55.6 Å². The third-order valence-electron chi connectivity index (χ3n) is 19.3. The Balaban J connectivity index is 3.38. The van der Waals surface area contributed by atoms with Crippen molar-refractivity contribution in [3.8, 4) is 0 Å². The van der Waals surface area contributed by atoms with Crippen LogP contribution in [0.5, 0.6) is 0 Å². The van der Waals surface area contributed by atoms with Crippen LogP contribution in [0.1, 0.15) is 457 Å². The number of unbranched alkanes of at least 4 members (excludes halogenated alkanes) is 61. The minimum atomic E-state index is -0.845. The van der Waals surface area contributed by atoms with E-state index in [4.69, 9.17) is 4.74 Å². The van der Waals surface area contributed by atoms with Gasteiger partial charge in [-0.15, -0.1) is 0 Å². The summed E-state index contributed by atoms with van der Waals surface area (Å²) in [5.41, 5.74) is 0. The lowest BCUT2D eigenvalue weighted by atomic mass is 10.0. The van der Waals surface area contributed by atoms with Crippen LogP contribution in [0.2, 0.25) is 0 Å². The Morgan fingerprint density at radius 1 is 0.308 bits per heavy atom. The molecule has 0 saturated heterocycles. The van der Waals surface area contributed by atoms with Crippen LogP contribution in [-0.2, 0) is 14.3 Å². The first kappa shape index (κ1) is 88.8. The maximum absolute atomic E-state index is 12.6. The summed E-state index contributed by atoms with van der Waals surface area (Å²) in [5, 5.41) is 23.3. The van der Waals surface area contributed by atoms with Gasteiger partial charge >= 0.3 is 5.97 Å². The molecular weight excluding hydrogens is 1110 g/mol. The zero-order chi connectivity index (χ0) is 65.6. The van der Waals surface area contributed by atoms with Gasteiger partial charge in [0, 0.05) is 12.8 Å². The minimum absolute atomic E-state index is 0.0113. The SMILES string of the molecule is CCCCC/C=C\C/C=C\CCCCCCCCCC(=O)OCCCCCCCCCCCCCC/C=C\CCCCCCCCCCCCCCCCCCCC(=O)NC(CO)C(O)/C=C/CCCCCCCCCCCCCCCCCCCCCCCC. The largest absolute Gasteiger partial charge is 0.466 e. The van der Waals surface area contributed by atoms with E-state index < -0.39 is 12.1 Å². The number of aliphatic hydroxyl groups is 2. The fourth-order valence-corrected chi connectivity index (χ4v) is 13.0. The predicted molar refractivity (Wildman–Crippen MR) is 402 cm³/mol. The molecule has 0 fully saturated rings. The van der Waals surface area contributed by atoms with Crippen LogP contribution in [0, 0.1) is 0 Å². The highest BCUT2D eigenvalue weighted by Gasteiger charge is 2.18. The van der Waals surface area contributed by atoms with Crippen molar-refractivity contribution in [2.45, 2.75) is 469 Å². The molecule has 0 aliphatic rings. The number of carbonyl (C=O) groups is 2. The smallest absolute Gasteiger partial charge is 0.305 e. The molecule has 0 spiro atoms. The van der Waals surface area contributed by atoms with E-state index in [9.17, 15) is 19.8 Å². The molecule has 0 aliphatic heterocycles. The highest BCUT2D eigenvalue weighted by Crippen LogP contribution is 2.20. The number of allylic oxidation sites excluding steroid dienone is 7. The summed E-state index contributed by atoms with van der Waals surface area (Å²) in [6.07, 6.45) is 107. The molecule has 0 saturated carbocycles. The van der Waals surface area contributed by atoms with E-state index in [-0.39, 0.29) is 18.5 Å². The summed E-state index contributed by atoms with van der Waals surface area (Å²) in [6.45, 7) is 4.92. The Morgan fingerprint density at radius 2 is 0.549 bits per heavy atom. The average Bonchev–Trinajstić information content (AvgIpc) is 3.73. The van der Waals surface area contributed by atoms with Crippen LogP contribution in [0.4, 0.5) is 0 Å².